The topological polar surface area (TPSA) is 71.2 Å². The minimum Gasteiger partial charge on any atom is -0.506 e. The molecule has 0 aliphatic heterocycles. The van der Waals surface area contributed by atoms with Crippen molar-refractivity contribution in [1.82, 2.24) is 15.0 Å². The van der Waals surface area contributed by atoms with Gasteiger partial charge in [0.2, 0.25) is 0 Å². The first kappa shape index (κ1) is 8.00. The number of aliphatic hydroxyl groups excluding tert-OH is 1. The fourth-order valence-electron chi connectivity index (χ4n) is 1.24. The second-order valence-corrected chi connectivity index (χ2v) is 2.68. The highest BCUT2D eigenvalue weighted by Gasteiger charge is 2.06. The molecule has 0 amide bonds. The Balaban J connectivity index is 2.61. The van der Waals surface area contributed by atoms with E-state index in [2.05, 4.69) is 10.3 Å². The van der Waals surface area contributed by atoms with Crippen LogP contribution < -0.4 is 0 Å². The summed E-state index contributed by atoms with van der Waals surface area (Å²) >= 11 is 0. The lowest BCUT2D eigenvalue weighted by molar-refractivity contribution is 0.270. The Kier molecular flexibility index (Phi) is 1.86. The molecule has 5 heteroatoms. The van der Waals surface area contributed by atoms with E-state index in [1.165, 1.54) is 0 Å². The molecule has 13 heavy (non-hydrogen) atoms. The molecule has 0 fully saturated rings. The molecule has 68 valence electrons. The van der Waals surface area contributed by atoms with E-state index < -0.39 is 0 Å². The monoisotopic (exact) mass is 179 g/mol. The van der Waals surface area contributed by atoms with Crippen molar-refractivity contribution < 1.29 is 10.2 Å². The fraction of sp³-hybridized carbons (Fsp3) is 0.250. The Morgan fingerprint density at radius 1 is 1.38 bits per heavy atom. The minimum atomic E-state index is 0.00805. The van der Waals surface area contributed by atoms with E-state index in [4.69, 9.17) is 5.11 Å². The quantitative estimate of drug-likeness (QED) is 0.687. The number of hydrogen-bond donors (Lipinski definition) is 2. The molecule has 5 nitrogen and oxygen atoms in total. The first-order valence-electron chi connectivity index (χ1n) is 3.95. The molecule has 0 spiro atoms. The SMILES string of the molecule is OCCn1nnc2c(O)cccc21. The number of phenolic OH excluding ortho intramolecular Hbond substituents is 1. The summed E-state index contributed by atoms with van der Waals surface area (Å²) in [7, 11) is 0. The van der Waals surface area contributed by atoms with Crippen LogP contribution in [-0.4, -0.2) is 31.8 Å². The van der Waals surface area contributed by atoms with Crippen LogP contribution in [0.2, 0.25) is 0 Å². The van der Waals surface area contributed by atoms with Crippen molar-refractivity contribution in [3.8, 4) is 5.75 Å². The molecule has 1 aromatic heterocycles. The number of aliphatic hydroxyl groups is 1. The predicted octanol–water partition coefficient (Wildman–Crippen LogP) is 0.129. The van der Waals surface area contributed by atoms with Crippen molar-refractivity contribution in [2.75, 3.05) is 6.61 Å². The van der Waals surface area contributed by atoms with Crippen LogP contribution in [0.1, 0.15) is 0 Å². The number of fused-ring (bicyclic) bond motifs is 1. The van der Waals surface area contributed by atoms with Gasteiger partial charge in [0.05, 0.1) is 18.7 Å². The number of phenols is 1. The number of aromatic nitrogens is 3. The molecular weight excluding hydrogens is 170 g/mol. The summed E-state index contributed by atoms with van der Waals surface area (Å²) in [6.07, 6.45) is 0. The normalized spacial score (nSPS) is 10.8. The molecule has 2 aromatic rings. The number of rotatable bonds is 2. The van der Waals surface area contributed by atoms with Crippen LogP contribution in [0.4, 0.5) is 0 Å². The zero-order valence-electron chi connectivity index (χ0n) is 6.88. The van der Waals surface area contributed by atoms with E-state index in [0.717, 1.165) is 5.52 Å². The van der Waals surface area contributed by atoms with E-state index >= 15 is 0 Å². The largest absolute Gasteiger partial charge is 0.506 e. The Hall–Kier alpha value is -1.62. The van der Waals surface area contributed by atoms with Gasteiger partial charge in [-0.3, -0.25) is 0 Å². The van der Waals surface area contributed by atoms with Crippen LogP contribution in [0.15, 0.2) is 18.2 Å². The lowest BCUT2D eigenvalue weighted by Gasteiger charge is -1.97. The van der Waals surface area contributed by atoms with Gasteiger partial charge in [0, 0.05) is 0 Å². The number of hydrogen-bond acceptors (Lipinski definition) is 4. The standard InChI is InChI=1S/C8H9N3O2/c12-5-4-11-6-2-1-3-7(13)8(6)9-10-11/h1-3,12-13H,4-5H2. The van der Waals surface area contributed by atoms with Gasteiger partial charge in [-0.1, -0.05) is 11.3 Å². The molecule has 0 radical (unpaired) electrons. The van der Waals surface area contributed by atoms with E-state index in [1.54, 1.807) is 22.9 Å². The summed E-state index contributed by atoms with van der Waals surface area (Å²) in [5, 5.41) is 25.7. The van der Waals surface area contributed by atoms with Crippen LogP contribution in [0.3, 0.4) is 0 Å². The first-order chi connectivity index (χ1) is 6.33. The number of benzene rings is 1. The first-order valence-corrected chi connectivity index (χ1v) is 3.95. The average Bonchev–Trinajstić information content (AvgIpc) is 2.51. The summed E-state index contributed by atoms with van der Waals surface area (Å²) in [6, 6.07) is 5.07. The summed E-state index contributed by atoms with van der Waals surface area (Å²) in [6.45, 7) is 0.397. The van der Waals surface area contributed by atoms with Crippen molar-refractivity contribution in [1.29, 1.82) is 0 Å². The van der Waals surface area contributed by atoms with Gasteiger partial charge >= 0.3 is 0 Å². The maximum Gasteiger partial charge on any atom is 0.154 e. The molecule has 2 N–H and O–H groups in total. The zero-order valence-corrected chi connectivity index (χ0v) is 6.88. The van der Waals surface area contributed by atoms with Crippen molar-refractivity contribution >= 4 is 11.0 Å². The summed E-state index contributed by atoms with van der Waals surface area (Å²) in [4.78, 5) is 0. The smallest absolute Gasteiger partial charge is 0.154 e. The molecule has 1 heterocycles. The number of aromatic hydroxyl groups is 1. The molecule has 0 unspecified atom stereocenters. The van der Waals surface area contributed by atoms with E-state index in [0.29, 0.717) is 12.1 Å². The van der Waals surface area contributed by atoms with Crippen LogP contribution in [0.25, 0.3) is 11.0 Å². The summed E-state index contributed by atoms with van der Waals surface area (Å²) in [5.74, 6) is 0.113. The second-order valence-electron chi connectivity index (χ2n) is 2.68. The molecule has 0 saturated carbocycles. The van der Waals surface area contributed by atoms with Gasteiger partial charge in [-0.25, -0.2) is 4.68 Å². The van der Waals surface area contributed by atoms with Crippen LogP contribution >= 0.6 is 0 Å². The van der Waals surface area contributed by atoms with Crippen LogP contribution in [0.5, 0.6) is 5.75 Å². The zero-order chi connectivity index (χ0) is 9.26. The van der Waals surface area contributed by atoms with Crippen LogP contribution in [-0.2, 0) is 6.54 Å². The van der Waals surface area contributed by atoms with Gasteiger partial charge in [-0.05, 0) is 12.1 Å². The van der Waals surface area contributed by atoms with Gasteiger partial charge in [-0.2, -0.15) is 0 Å². The maximum absolute atomic E-state index is 9.37. The second kappa shape index (κ2) is 3.02. The van der Waals surface area contributed by atoms with Gasteiger partial charge in [0.15, 0.2) is 5.52 Å². The lowest BCUT2D eigenvalue weighted by atomic mass is 10.3. The molecule has 1 aromatic carbocycles. The van der Waals surface area contributed by atoms with Gasteiger partial charge in [0.25, 0.3) is 0 Å². The minimum absolute atomic E-state index is 0.00805. The highest BCUT2D eigenvalue weighted by Crippen LogP contribution is 2.20. The Labute approximate surface area is 74.2 Å². The molecule has 0 aliphatic carbocycles. The van der Waals surface area contributed by atoms with Gasteiger partial charge < -0.3 is 10.2 Å². The third-order valence-electron chi connectivity index (χ3n) is 1.84. The Bertz CT molecular complexity index is 424. The van der Waals surface area contributed by atoms with Gasteiger partial charge in [-0.15, -0.1) is 5.10 Å². The molecule has 2 rings (SSSR count). The third-order valence-corrected chi connectivity index (χ3v) is 1.84. The molecule has 0 aliphatic rings. The maximum atomic E-state index is 9.37. The van der Waals surface area contributed by atoms with Crippen molar-refractivity contribution in [2.24, 2.45) is 0 Å². The van der Waals surface area contributed by atoms with Crippen molar-refractivity contribution in [3.05, 3.63) is 18.2 Å². The predicted molar refractivity (Wildman–Crippen MR) is 46.3 cm³/mol. The fourth-order valence-corrected chi connectivity index (χ4v) is 1.24. The van der Waals surface area contributed by atoms with Crippen molar-refractivity contribution in [2.45, 2.75) is 6.54 Å². The summed E-state index contributed by atoms with van der Waals surface area (Å²) < 4.78 is 1.55. The Morgan fingerprint density at radius 3 is 3.00 bits per heavy atom. The van der Waals surface area contributed by atoms with E-state index in [9.17, 15) is 5.11 Å². The average molecular weight is 179 g/mol. The van der Waals surface area contributed by atoms with E-state index in [1.807, 2.05) is 0 Å². The summed E-state index contributed by atoms with van der Waals surface area (Å²) in [5.41, 5.74) is 1.20. The molecular formula is C8H9N3O2. The third kappa shape index (κ3) is 1.23. The molecule has 0 saturated heterocycles. The van der Waals surface area contributed by atoms with Gasteiger partial charge in [0.1, 0.15) is 5.75 Å². The Morgan fingerprint density at radius 2 is 2.23 bits per heavy atom. The van der Waals surface area contributed by atoms with Crippen LogP contribution in [0, 0.1) is 0 Å². The highest BCUT2D eigenvalue weighted by molar-refractivity contribution is 5.80. The lowest BCUT2D eigenvalue weighted by Crippen LogP contribution is -2.03. The van der Waals surface area contributed by atoms with E-state index in [-0.39, 0.29) is 12.4 Å². The van der Waals surface area contributed by atoms with Crippen molar-refractivity contribution in [3.63, 3.8) is 0 Å². The highest BCUT2D eigenvalue weighted by atomic mass is 16.3. The molecule has 0 atom stereocenters. The molecule has 0 bridgehead atoms. The number of nitrogens with zero attached hydrogens (tertiary/aromatic N) is 3.